The van der Waals surface area contributed by atoms with E-state index >= 15 is 0 Å². The maximum absolute atomic E-state index is 13.3. The number of esters is 1. The molecule has 36 heavy (non-hydrogen) atoms. The Bertz CT molecular complexity index is 1400. The van der Waals surface area contributed by atoms with Crippen molar-refractivity contribution in [3.8, 4) is 5.75 Å². The SMILES string of the molecule is COCc1c(C(=O)OC(C)C)ncc2c1c1cc(OCc3nccs3)ccc1n2C(=O)OC(C)(C)C. The fraction of sp³-hybridized carbons (Fsp3) is 0.385. The number of carbonyl (C=O) groups is 2. The largest absolute Gasteiger partial charge is 0.486 e. The van der Waals surface area contributed by atoms with Crippen molar-refractivity contribution in [1.29, 1.82) is 0 Å². The molecule has 4 aromatic rings. The number of carbonyl (C=O) groups excluding carboxylic acids is 2. The Hall–Kier alpha value is -3.50. The molecule has 0 bridgehead atoms. The Morgan fingerprint density at radius 3 is 2.53 bits per heavy atom. The van der Waals surface area contributed by atoms with Gasteiger partial charge in [-0.05, 0) is 52.8 Å². The average molecular weight is 512 g/mol. The fourth-order valence-corrected chi connectivity index (χ4v) is 4.37. The number of pyridine rings is 1. The summed E-state index contributed by atoms with van der Waals surface area (Å²) in [5.74, 6) is 0.0284. The van der Waals surface area contributed by atoms with Gasteiger partial charge in [-0.1, -0.05) is 0 Å². The zero-order valence-electron chi connectivity index (χ0n) is 21.2. The van der Waals surface area contributed by atoms with Gasteiger partial charge in [-0.3, -0.25) is 0 Å². The highest BCUT2D eigenvalue weighted by molar-refractivity contribution is 7.09. The van der Waals surface area contributed by atoms with Crippen LogP contribution in [0.2, 0.25) is 0 Å². The smallest absolute Gasteiger partial charge is 0.419 e. The third kappa shape index (κ3) is 5.34. The van der Waals surface area contributed by atoms with Crippen LogP contribution in [0.1, 0.15) is 55.7 Å². The zero-order chi connectivity index (χ0) is 26.0. The lowest BCUT2D eigenvalue weighted by Gasteiger charge is -2.20. The Kier molecular flexibility index (Phi) is 7.28. The maximum atomic E-state index is 13.3. The van der Waals surface area contributed by atoms with E-state index in [1.54, 1.807) is 52.9 Å². The first kappa shape index (κ1) is 25.6. The molecule has 3 heterocycles. The number of methoxy groups -OCH3 is 1. The quantitative estimate of drug-likeness (QED) is 0.290. The molecule has 0 aliphatic carbocycles. The third-order valence-corrected chi connectivity index (χ3v) is 5.88. The normalized spacial score (nSPS) is 11.9. The Morgan fingerprint density at radius 2 is 1.89 bits per heavy atom. The van der Waals surface area contributed by atoms with Gasteiger partial charge < -0.3 is 18.9 Å². The van der Waals surface area contributed by atoms with E-state index in [1.807, 2.05) is 11.4 Å². The number of aromatic nitrogens is 3. The average Bonchev–Trinajstić information content (AvgIpc) is 3.42. The van der Waals surface area contributed by atoms with Gasteiger partial charge in [-0.15, -0.1) is 11.3 Å². The highest BCUT2D eigenvalue weighted by Gasteiger charge is 2.27. The predicted molar refractivity (Wildman–Crippen MR) is 137 cm³/mol. The summed E-state index contributed by atoms with van der Waals surface area (Å²) in [4.78, 5) is 34.8. The van der Waals surface area contributed by atoms with Gasteiger partial charge in [-0.25, -0.2) is 24.1 Å². The summed E-state index contributed by atoms with van der Waals surface area (Å²) in [6.07, 6.45) is 2.34. The molecular weight excluding hydrogens is 482 g/mol. The molecule has 0 spiro atoms. The van der Waals surface area contributed by atoms with E-state index in [0.29, 0.717) is 39.7 Å². The minimum atomic E-state index is -0.708. The van der Waals surface area contributed by atoms with E-state index in [1.165, 1.54) is 29.2 Å². The van der Waals surface area contributed by atoms with E-state index in [-0.39, 0.29) is 18.4 Å². The van der Waals surface area contributed by atoms with Crippen molar-refractivity contribution in [3.63, 3.8) is 0 Å². The van der Waals surface area contributed by atoms with Crippen molar-refractivity contribution in [1.82, 2.24) is 14.5 Å². The first-order valence-corrected chi connectivity index (χ1v) is 12.4. The second kappa shape index (κ2) is 10.2. The third-order valence-electron chi connectivity index (χ3n) is 5.13. The van der Waals surface area contributed by atoms with E-state index in [9.17, 15) is 9.59 Å². The van der Waals surface area contributed by atoms with Crippen molar-refractivity contribution < 1.29 is 28.5 Å². The zero-order valence-corrected chi connectivity index (χ0v) is 22.0. The summed E-state index contributed by atoms with van der Waals surface area (Å²) in [6, 6.07) is 5.41. The summed E-state index contributed by atoms with van der Waals surface area (Å²) in [5.41, 5.74) is 1.03. The second-order valence-corrected chi connectivity index (χ2v) is 10.4. The summed E-state index contributed by atoms with van der Waals surface area (Å²) in [7, 11) is 1.53. The monoisotopic (exact) mass is 511 g/mol. The van der Waals surface area contributed by atoms with Gasteiger partial charge >= 0.3 is 12.1 Å². The molecule has 0 fully saturated rings. The molecule has 3 aromatic heterocycles. The van der Waals surface area contributed by atoms with Crippen molar-refractivity contribution in [2.75, 3.05) is 7.11 Å². The standard InChI is InChI=1S/C26H29N3O6S/c1-15(2)34-24(30)23-18(13-32-6)22-17-11-16(33-14-21-27-9-10-36-21)7-8-19(17)29(20(22)12-28-23)25(31)35-26(3,4)5/h7-12,15H,13-14H2,1-6H3. The van der Waals surface area contributed by atoms with Crippen molar-refractivity contribution in [2.45, 2.75) is 59.5 Å². The van der Waals surface area contributed by atoms with E-state index < -0.39 is 17.7 Å². The van der Waals surface area contributed by atoms with Crippen molar-refractivity contribution in [3.05, 3.63) is 52.2 Å². The lowest BCUT2D eigenvalue weighted by atomic mass is 10.1. The molecular formula is C26H29N3O6S. The molecule has 9 nitrogen and oxygen atoms in total. The molecule has 10 heteroatoms. The summed E-state index contributed by atoms with van der Waals surface area (Å²) >= 11 is 1.50. The molecule has 0 aliphatic heterocycles. The fourth-order valence-electron chi connectivity index (χ4n) is 3.85. The number of hydrogen-bond acceptors (Lipinski definition) is 9. The number of hydrogen-bond donors (Lipinski definition) is 0. The molecule has 0 aliphatic rings. The number of thiazole rings is 1. The van der Waals surface area contributed by atoms with Gasteiger partial charge in [-0.2, -0.15) is 0 Å². The number of benzene rings is 1. The maximum Gasteiger partial charge on any atom is 0.419 e. The molecule has 4 rings (SSSR count). The second-order valence-electron chi connectivity index (χ2n) is 9.44. The van der Waals surface area contributed by atoms with E-state index in [2.05, 4.69) is 9.97 Å². The van der Waals surface area contributed by atoms with E-state index in [0.717, 1.165) is 5.01 Å². The molecule has 0 unspecified atom stereocenters. The van der Waals surface area contributed by atoms with Crippen LogP contribution in [0.3, 0.4) is 0 Å². The molecule has 0 radical (unpaired) electrons. The first-order valence-electron chi connectivity index (χ1n) is 11.5. The molecule has 0 saturated carbocycles. The van der Waals surface area contributed by atoms with Crippen LogP contribution >= 0.6 is 11.3 Å². The Labute approximate surface area is 213 Å². The lowest BCUT2D eigenvalue weighted by molar-refractivity contribution is 0.0366. The van der Waals surface area contributed by atoms with Gasteiger partial charge in [0.25, 0.3) is 0 Å². The number of nitrogens with zero attached hydrogens (tertiary/aromatic N) is 3. The van der Waals surface area contributed by atoms with Crippen LogP contribution in [0.15, 0.2) is 36.0 Å². The molecule has 0 amide bonds. The molecule has 190 valence electrons. The number of ether oxygens (including phenoxy) is 4. The van der Waals surface area contributed by atoms with Gasteiger partial charge in [0.2, 0.25) is 0 Å². The molecule has 0 atom stereocenters. The van der Waals surface area contributed by atoms with Gasteiger partial charge in [0.1, 0.15) is 23.0 Å². The highest BCUT2D eigenvalue weighted by Crippen LogP contribution is 2.36. The molecule has 0 N–H and O–H groups in total. The Balaban J connectivity index is 1.94. The topological polar surface area (TPSA) is 102 Å². The number of fused-ring (bicyclic) bond motifs is 3. The first-order chi connectivity index (χ1) is 17.1. The number of rotatable bonds is 7. The van der Waals surface area contributed by atoms with Crippen LogP contribution in [0.5, 0.6) is 5.75 Å². The lowest BCUT2D eigenvalue weighted by Crippen LogP contribution is -2.27. The van der Waals surface area contributed by atoms with Crippen molar-refractivity contribution in [2.24, 2.45) is 0 Å². The molecule has 0 saturated heterocycles. The van der Waals surface area contributed by atoms with Crippen molar-refractivity contribution >= 4 is 45.2 Å². The van der Waals surface area contributed by atoms with Gasteiger partial charge in [0.05, 0.1) is 29.9 Å². The van der Waals surface area contributed by atoms with Crippen LogP contribution in [0.4, 0.5) is 4.79 Å². The summed E-state index contributed by atoms with van der Waals surface area (Å²) in [6.45, 7) is 9.35. The Morgan fingerprint density at radius 1 is 1.11 bits per heavy atom. The minimum absolute atomic E-state index is 0.0878. The summed E-state index contributed by atoms with van der Waals surface area (Å²) < 4.78 is 24.0. The minimum Gasteiger partial charge on any atom is -0.486 e. The summed E-state index contributed by atoms with van der Waals surface area (Å²) in [5, 5.41) is 4.07. The molecule has 1 aromatic carbocycles. The highest BCUT2D eigenvalue weighted by atomic mass is 32.1. The van der Waals surface area contributed by atoms with Crippen LogP contribution in [0, 0.1) is 0 Å². The predicted octanol–water partition coefficient (Wildman–Crippen LogP) is 5.72. The van der Waals surface area contributed by atoms with Crippen LogP contribution < -0.4 is 4.74 Å². The van der Waals surface area contributed by atoms with E-state index in [4.69, 9.17) is 18.9 Å². The van der Waals surface area contributed by atoms with Gasteiger partial charge in [0, 0.05) is 35.0 Å². The van der Waals surface area contributed by atoms with Crippen LogP contribution in [0.25, 0.3) is 21.8 Å². The van der Waals surface area contributed by atoms with Crippen LogP contribution in [-0.4, -0.2) is 45.4 Å². The van der Waals surface area contributed by atoms with Crippen LogP contribution in [-0.2, 0) is 27.4 Å². The van der Waals surface area contributed by atoms with Gasteiger partial charge in [0.15, 0.2) is 5.69 Å².